The minimum atomic E-state index is -2.86. The summed E-state index contributed by atoms with van der Waals surface area (Å²) in [4.78, 5) is 13.7. The second-order valence-electron chi connectivity index (χ2n) is 5.53. The Labute approximate surface area is 134 Å². The summed E-state index contributed by atoms with van der Waals surface area (Å²) in [7, 11) is 1.71. The second kappa shape index (κ2) is 8.67. The molecule has 1 heterocycles. The maximum atomic E-state index is 12.1. The van der Waals surface area contributed by atoms with E-state index in [0.29, 0.717) is 12.2 Å². The van der Waals surface area contributed by atoms with Crippen molar-refractivity contribution in [2.24, 2.45) is 0 Å². The largest absolute Gasteiger partial charge is 0.435 e. The average Bonchev–Trinajstić information content (AvgIpc) is 2.55. The highest BCUT2D eigenvalue weighted by atomic mass is 19.3. The van der Waals surface area contributed by atoms with Crippen molar-refractivity contribution >= 4 is 11.7 Å². The first-order valence-corrected chi connectivity index (χ1v) is 7.73. The van der Waals surface area contributed by atoms with Gasteiger partial charge < -0.3 is 19.7 Å². The Morgan fingerprint density at radius 3 is 2.74 bits per heavy atom. The van der Waals surface area contributed by atoms with Crippen molar-refractivity contribution in [3.05, 3.63) is 24.3 Å². The summed E-state index contributed by atoms with van der Waals surface area (Å²) in [6.07, 6.45) is 4.36. The van der Waals surface area contributed by atoms with Gasteiger partial charge in [-0.25, -0.2) is 4.79 Å². The summed E-state index contributed by atoms with van der Waals surface area (Å²) in [5.41, 5.74) is 0.525. The quantitative estimate of drug-likeness (QED) is 0.866. The maximum absolute atomic E-state index is 12.1. The van der Waals surface area contributed by atoms with Crippen LogP contribution in [0.25, 0.3) is 0 Å². The van der Waals surface area contributed by atoms with Gasteiger partial charge in [-0.3, -0.25) is 0 Å². The number of urea groups is 1. The number of nitrogens with one attached hydrogen (secondary N) is 1. The molecule has 1 aromatic carbocycles. The summed E-state index contributed by atoms with van der Waals surface area (Å²) in [6.45, 7) is -1.46. The van der Waals surface area contributed by atoms with Gasteiger partial charge in [-0.1, -0.05) is 0 Å². The van der Waals surface area contributed by atoms with E-state index in [1.165, 1.54) is 30.7 Å². The Kier molecular flexibility index (Phi) is 6.58. The number of halogens is 2. The van der Waals surface area contributed by atoms with E-state index in [-0.39, 0.29) is 17.9 Å². The second-order valence-corrected chi connectivity index (χ2v) is 5.53. The molecule has 0 bridgehead atoms. The minimum absolute atomic E-state index is 0.0563. The van der Waals surface area contributed by atoms with E-state index in [1.807, 2.05) is 0 Å². The van der Waals surface area contributed by atoms with Crippen molar-refractivity contribution in [3.63, 3.8) is 0 Å². The van der Waals surface area contributed by atoms with Crippen LogP contribution in [0.15, 0.2) is 24.3 Å². The zero-order valence-electron chi connectivity index (χ0n) is 13.1. The van der Waals surface area contributed by atoms with Crippen molar-refractivity contribution < 1.29 is 23.0 Å². The summed E-state index contributed by atoms with van der Waals surface area (Å²) in [5, 5.41) is 2.71. The topological polar surface area (TPSA) is 50.8 Å². The van der Waals surface area contributed by atoms with Crippen LogP contribution in [0.5, 0.6) is 5.75 Å². The third kappa shape index (κ3) is 6.02. The number of carbonyl (C=O) groups is 1. The summed E-state index contributed by atoms with van der Waals surface area (Å²) in [6, 6.07) is 5.57. The van der Waals surface area contributed by atoms with Crippen LogP contribution in [0.3, 0.4) is 0 Å². The van der Waals surface area contributed by atoms with Gasteiger partial charge in [0.2, 0.25) is 0 Å². The zero-order chi connectivity index (χ0) is 16.7. The van der Waals surface area contributed by atoms with Gasteiger partial charge in [0.05, 0.1) is 6.10 Å². The first kappa shape index (κ1) is 17.5. The van der Waals surface area contributed by atoms with Gasteiger partial charge in [0, 0.05) is 25.9 Å². The van der Waals surface area contributed by atoms with Crippen molar-refractivity contribution in [2.75, 3.05) is 25.5 Å². The predicted octanol–water partition coefficient (Wildman–Crippen LogP) is 3.71. The maximum Gasteiger partial charge on any atom is 0.387 e. The molecule has 1 atom stereocenters. The summed E-state index contributed by atoms with van der Waals surface area (Å²) >= 11 is 0. The summed E-state index contributed by atoms with van der Waals surface area (Å²) in [5.74, 6) is 0.0563. The Morgan fingerprint density at radius 1 is 1.39 bits per heavy atom. The first-order chi connectivity index (χ1) is 11.0. The lowest BCUT2D eigenvalue weighted by atomic mass is 10.1. The molecule has 0 saturated carbocycles. The van der Waals surface area contributed by atoms with E-state index in [2.05, 4.69) is 10.1 Å². The first-order valence-electron chi connectivity index (χ1n) is 7.73. The normalized spacial score (nSPS) is 17.8. The fourth-order valence-corrected chi connectivity index (χ4v) is 2.41. The fourth-order valence-electron chi connectivity index (χ4n) is 2.41. The van der Waals surface area contributed by atoms with Crippen LogP contribution < -0.4 is 10.1 Å². The van der Waals surface area contributed by atoms with Crippen LogP contribution in [0, 0.1) is 0 Å². The molecule has 1 aliphatic rings. The van der Waals surface area contributed by atoms with Crippen LogP contribution >= 0.6 is 0 Å². The van der Waals surface area contributed by atoms with Crippen LogP contribution in [0.4, 0.5) is 19.3 Å². The Balaban J connectivity index is 1.76. The molecule has 0 spiro atoms. The molecule has 23 heavy (non-hydrogen) atoms. The van der Waals surface area contributed by atoms with Gasteiger partial charge in [0.1, 0.15) is 5.75 Å². The minimum Gasteiger partial charge on any atom is -0.435 e. The average molecular weight is 328 g/mol. The molecule has 0 aromatic heterocycles. The van der Waals surface area contributed by atoms with Crippen LogP contribution in [-0.4, -0.2) is 43.8 Å². The number of alkyl halides is 2. The van der Waals surface area contributed by atoms with Crippen LogP contribution in [0.2, 0.25) is 0 Å². The number of ether oxygens (including phenoxy) is 2. The van der Waals surface area contributed by atoms with Crippen molar-refractivity contribution in [1.82, 2.24) is 4.90 Å². The lowest BCUT2D eigenvalue weighted by molar-refractivity contribution is -0.0498. The summed E-state index contributed by atoms with van der Waals surface area (Å²) < 4.78 is 34.0. The molecule has 2 rings (SSSR count). The SMILES string of the molecule is CN(CC[C@@H]1CCCCO1)C(=O)Nc1ccc(OC(F)F)cc1. The molecule has 1 aliphatic heterocycles. The van der Waals surface area contributed by atoms with Crippen molar-refractivity contribution in [3.8, 4) is 5.75 Å². The van der Waals surface area contributed by atoms with E-state index >= 15 is 0 Å². The van der Waals surface area contributed by atoms with E-state index in [9.17, 15) is 13.6 Å². The van der Waals surface area contributed by atoms with Crippen molar-refractivity contribution in [2.45, 2.75) is 38.4 Å². The number of carbonyl (C=O) groups excluding carboxylic acids is 1. The molecule has 1 aromatic rings. The number of nitrogens with zero attached hydrogens (tertiary/aromatic N) is 1. The highest BCUT2D eigenvalue weighted by molar-refractivity contribution is 5.89. The Morgan fingerprint density at radius 2 is 2.13 bits per heavy atom. The number of amides is 2. The van der Waals surface area contributed by atoms with Gasteiger partial charge in [-0.05, 0) is 49.9 Å². The highest BCUT2D eigenvalue weighted by Gasteiger charge is 2.16. The lowest BCUT2D eigenvalue weighted by Gasteiger charge is -2.25. The van der Waals surface area contributed by atoms with Crippen molar-refractivity contribution in [1.29, 1.82) is 0 Å². The monoisotopic (exact) mass is 328 g/mol. The lowest BCUT2D eigenvalue weighted by Crippen LogP contribution is -2.34. The van der Waals surface area contributed by atoms with Gasteiger partial charge in [0.25, 0.3) is 0 Å². The fraction of sp³-hybridized carbons (Fsp3) is 0.562. The Hall–Kier alpha value is -1.89. The molecule has 0 radical (unpaired) electrons. The smallest absolute Gasteiger partial charge is 0.387 e. The molecule has 2 amide bonds. The molecule has 0 unspecified atom stereocenters. The van der Waals surface area contributed by atoms with E-state index in [4.69, 9.17) is 4.74 Å². The molecule has 1 fully saturated rings. The molecular formula is C16H22F2N2O3. The molecule has 5 nitrogen and oxygen atoms in total. The molecule has 1 N–H and O–H groups in total. The standard InChI is InChI=1S/C16H22F2N2O3/c1-20(10-9-13-4-2-3-11-22-13)16(21)19-12-5-7-14(8-6-12)23-15(17)18/h5-8,13,15H,2-4,9-11H2,1H3,(H,19,21)/t13-/m0/s1. The van der Waals surface area contributed by atoms with Gasteiger partial charge in [0.15, 0.2) is 0 Å². The molecule has 1 saturated heterocycles. The number of anilines is 1. The number of hydrogen-bond donors (Lipinski definition) is 1. The van der Waals surface area contributed by atoms with Gasteiger partial charge >= 0.3 is 12.6 Å². The van der Waals surface area contributed by atoms with Gasteiger partial charge in [-0.2, -0.15) is 8.78 Å². The van der Waals surface area contributed by atoms with E-state index in [0.717, 1.165) is 25.9 Å². The van der Waals surface area contributed by atoms with E-state index < -0.39 is 6.61 Å². The number of hydrogen-bond acceptors (Lipinski definition) is 3. The Bertz CT molecular complexity index is 491. The predicted molar refractivity (Wildman–Crippen MR) is 82.9 cm³/mol. The number of benzene rings is 1. The number of rotatable bonds is 6. The molecule has 128 valence electrons. The molecular weight excluding hydrogens is 306 g/mol. The highest BCUT2D eigenvalue weighted by Crippen LogP contribution is 2.18. The van der Waals surface area contributed by atoms with Crippen LogP contribution in [-0.2, 0) is 4.74 Å². The van der Waals surface area contributed by atoms with Gasteiger partial charge in [-0.15, -0.1) is 0 Å². The molecule has 7 heteroatoms. The van der Waals surface area contributed by atoms with Crippen LogP contribution in [0.1, 0.15) is 25.7 Å². The third-order valence-corrected chi connectivity index (χ3v) is 3.74. The van der Waals surface area contributed by atoms with E-state index in [1.54, 1.807) is 11.9 Å². The molecule has 0 aliphatic carbocycles. The third-order valence-electron chi connectivity index (χ3n) is 3.74. The zero-order valence-corrected chi connectivity index (χ0v) is 13.1.